The normalized spacial score (nSPS) is 33.4. The lowest BCUT2D eigenvalue weighted by atomic mass is 10.2. The average Bonchev–Trinajstić information content (AvgIpc) is 3.17. The highest BCUT2D eigenvalue weighted by Gasteiger charge is 2.38. The summed E-state index contributed by atoms with van der Waals surface area (Å²) >= 11 is 0. The van der Waals surface area contributed by atoms with Crippen LogP contribution in [0.5, 0.6) is 0 Å². The third-order valence-electron chi connectivity index (χ3n) is 4.78. The summed E-state index contributed by atoms with van der Waals surface area (Å²) in [5, 5.41) is 9.42. The van der Waals surface area contributed by atoms with Crippen LogP contribution in [0, 0.1) is 6.67 Å². The Kier molecular flexibility index (Phi) is 5.48. The molecule has 3 aliphatic rings. The van der Waals surface area contributed by atoms with E-state index in [0.29, 0.717) is 12.1 Å². The molecular formula is C15H28N4O2. The molecule has 0 aromatic rings. The second kappa shape index (κ2) is 7.35. The van der Waals surface area contributed by atoms with E-state index in [4.69, 9.17) is 9.47 Å². The Labute approximate surface area is 128 Å². The van der Waals surface area contributed by atoms with E-state index in [9.17, 15) is 0 Å². The van der Waals surface area contributed by atoms with Crippen molar-refractivity contribution >= 4 is 0 Å². The Morgan fingerprint density at radius 1 is 0.810 bits per heavy atom. The average molecular weight is 296 g/mol. The standard InChI is InChI=1S/C15H28N4O2/c1-20-11-14-5-3-7-18(14)16-9-10-17(13-16)19-8-4-6-15(19)12-21-2/h14-15H,3-12H2,1-2H3/t14-,15-/m1/s1. The van der Waals surface area contributed by atoms with Crippen LogP contribution < -0.4 is 0 Å². The zero-order valence-corrected chi connectivity index (χ0v) is 13.3. The summed E-state index contributed by atoms with van der Waals surface area (Å²) in [5.41, 5.74) is 0. The van der Waals surface area contributed by atoms with Crippen LogP contribution in [0.25, 0.3) is 0 Å². The molecule has 0 bridgehead atoms. The van der Waals surface area contributed by atoms with Gasteiger partial charge in [0.1, 0.15) is 0 Å². The van der Waals surface area contributed by atoms with Crippen LogP contribution in [0.2, 0.25) is 0 Å². The van der Waals surface area contributed by atoms with Gasteiger partial charge in [-0.05, 0) is 25.7 Å². The van der Waals surface area contributed by atoms with E-state index < -0.39 is 0 Å². The van der Waals surface area contributed by atoms with Gasteiger partial charge in [-0.1, -0.05) is 0 Å². The first-order chi connectivity index (χ1) is 10.3. The molecule has 3 fully saturated rings. The molecule has 3 aliphatic heterocycles. The highest BCUT2D eigenvalue weighted by atomic mass is 16.5. The van der Waals surface area contributed by atoms with Crippen LogP contribution in [0.3, 0.4) is 0 Å². The number of methoxy groups -OCH3 is 2. The van der Waals surface area contributed by atoms with Crippen molar-refractivity contribution in [2.75, 3.05) is 53.6 Å². The molecular weight excluding hydrogens is 268 g/mol. The Hall–Kier alpha value is -0.240. The molecule has 0 spiro atoms. The largest absolute Gasteiger partial charge is 0.383 e. The molecule has 2 atom stereocenters. The molecule has 120 valence electrons. The molecule has 3 rings (SSSR count). The van der Waals surface area contributed by atoms with Gasteiger partial charge in [0.25, 0.3) is 0 Å². The van der Waals surface area contributed by atoms with Gasteiger partial charge in [0, 0.05) is 52.5 Å². The van der Waals surface area contributed by atoms with Gasteiger partial charge in [0.2, 0.25) is 0 Å². The van der Waals surface area contributed by atoms with E-state index in [-0.39, 0.29) is 0 Å². The molecule has 3 heterocycles. The van der Waals surface area contributed by atoms with Crippen molar-refractivity contribution < 1.29 is 9.47 Å². The predicted octanol–water partition coefficient (Wildman–Crippen LogP) is 0.652. The maximum atomic E-state index is 5.35. The molecule has 0 unspecified atom stereocenters. The maximum Gasteiger partial charge on any atom is 0.176 e. The Morgan fingerprint density at radius 3 is 1.71 bits per heavy atom. The van der Waals surface area contributed by atoms with Gasteiger partial charge < -0.3 is 9.47 Å². The second-order valence-corrected chi connectivity index (χ2v) is 6.18. The van der Waals surface area contributed by atoms with Crippen LogP contribution in [-0.2, 0) is 9.47 Å². The molecule has 0 aromatic heterocycles. The van der Waals surface area contributed by atoms with E-state index >= 15 is 0 Å². The number of ether oxygens (including phenoxy) is 2. The highest BCUT2D eigenvalue weighted by Crippen LogP contribution is 2.28. The summed E-state index contributed by atoms with van der Waals surface area (Å²) in [5.74, 6) is 0. The molecule has 6 nitrogen and oxygen atoms in total. The van der Waals surface area contributed by atoms with Crippen LogP contribution in [0.4, 0.5) is 0 Å². The maximum absolute atomic E-state index is 5.35. The molecule has 0 N–H and O–H groups in total. The Bertz CT molecular complexity index is 301. The Balaban J connectivity index is 1.55. The van der Waals surface area contributed by atoms with E-state index in [0.717, 1.165) is 39.4 Å². The lowest BCUT2D eigenvalue weighted by Gasteiger charge is -2.34. The zero-order chi connectivity index (χ0) is 14.7. The number of hydrogen-bond acceptors (Lipinski definition) is 6. The Morgan fingerprint density at radius 2 is 1.29 bits per heavy atom. The van der Waals surface area contributed by atoms with Gasteiger partial charge >= 0.3 is 0 Å². The molecule has 0 saturated carbocycles. The summed E-state index contributed by atoms with van der Waals surface area (Å²) in [4.78, 5) is 0. The minimum absolute atomic E-state index is 0.510. The smallest absolute Gasteiger partial charge is 0.176 e. The predicted molar refractivity (Wildman–Crippen MR) is 79.9 cm³/mol. The van der Waals surface area contributed by atoms with Crippen LogP contribution in [-0.4, -0.2) is 85.7 Å². The second-order valence-electron chi connectivity index (χ2n) is 6.18. The van der Waals surface area contributed by atoms with Crippen molar-refractivity contribution in [1.82, 2.24) is 20.0 Å². The van der Waals surface area contributed by atoms with Gasteiger partial charge in [-0.3, -0.25) is 0 Å². The first-order valence-electron chi connectivity index (χ1n) is 8.16. The van der Waals surface area contributed by atoms with Crippen molar-refractivity contribution in [3.05, 3.63) is 6.67 Å². The monoisotopic (exact) mass is 296 g/mol. The molecule has 2 radical (unpaired) electrons. The van der Waals surface area contributed by atoms with Crippen molar-refractivity contribution in [2.24, 2.45) is 0 Å². The number of hydrazine groups is 2. The van der Waals surface area contributed by atoms with Gasteiger partial charge in [-0.2, -0.15) is 0 Å². The summed E-state index contributed by atoms with van der Waals surface area (Å²) in [6.07, 6.45) is 4.95. The molecule has 0 aromatic carbocycles. The first kappa shape index (κ1) is 15.6. The van der Waals surface area contributed by atoms with Crippen LogP contribution in [0.15, 0.2) is 0 Å². The summed E-state index contributed by atoms with van der Waals surface area (Å²) in [6, 6.07) is 1.02. The summed E-state index contributed by atoms with van der Waals surface area (Å²) in [7, 11) is 3.58. The minimum atomic E-state index is 0.510. The van der Waals surface area contributed by atoms with E-state index in [1.165, 1.54) is 25.7 Å². The molecule has 3 saturated heterocycles. The molecule has 21 heavy (non-hydrogen) atoms. The third kappa shape index (κ3) is 3.41. The fraction of sp³-hybridized carbons (Fsp3) is 0.933. The minimum Gasteiger partial charge on any atom is -0.383 e. The van der Waals surface area contributed by atoms with Gasteiger partial charge in [-0.25, -0.2) is 20.0 Å². The molecule has 6 heteroatoms. The lowest BCUT2D eigenvalue weighted by Crippen LogP contribution is -2.47. The summed E-state index contributed by atoms with van der Waals surface area (Å²) in [6.45, 7) is 9.48. The molecule has 0 aliphatic carbocycles. The fourth-order valence-corrected chi connectivity index (χ4v) is 3.79. The zero-order valence-electron chi connectivity index (χ0n) is 13.3. The number of rotatable bonds is 6. The SMILES string of the molecule is COC[C@H]1CCCN1N1[C]N(N2CCC[C@@H]2COC)CC1. The number of hydrogen-bond donors (Lipinski definition) is 0. The summed E-state index contributed by atoms with van der Waals surface area (Å²) < 4.78 is 10.7. The molecule has 0 amide bonds. The topological polar surface area (TPSA) is 31.4 Å². The van der Waals surface area contributed by atoms with E-state index in [2.05, 4.69) is 26.7 Å². The fourth-order valence-electron chi connectivity index (χ4n) is 3.79. The van der Waals surface area contributed by atoms with Gasteiger partial charge in [0.05, 0.1) is 13.2 Å². The van der Waals surface area contributed by atoms with E-state index in [1.807, 2.05) is 0 Å². The van der Waals surface area contributed by atoms with E-state index in [1.54, 1.807) is 14.2 Å². The van der Waals surface area contributed by atoms with Crippen LogP contribution in [0.1, 0.15) is 25.7 Å². The van der Waals surface area contributed by atoms with Crippen molar-refractivity contribution in [1.29, 1.82) is 0 Å². The quantitative estimate of drug-likeness (QED) is 0.715. The van der Waals surface area contributed by atoms with Crippen molar-refractivity contribution in [2.45, 2.75) is 37.8 Å². The van der Waals surface area contributed by atoms with Crippen molar-refractivity contribution in [3.63, 3.8) is 0 Å². The first-order valence-corrected chi connectivity index (χ1v) is 8.16. The van der Waals surface area contributed by atoms with Crippen molar-refractivity contribution in [3.8, 4) is 0 Å². The van der Waals surface area contributed by atoms with Gasteiger partial charge in [-0.15, -0.1) is 0 Å². The van der Waals surface area contributed by atoms with Gasteiger partial charge in [0.15, 0.2) is 6.67 Å². The van der Waals surface area contributed by atoms with Crippen LogP contribution >= 0.6 is 0 Å². The highest BCUT2D eigenvalue weighted by molar-refractivity contribution is 4.87. The lowest BCUT2D eigenvalue weighted by molar-refractivity contribution is -0.0610. The number of nitrogens with zero attached hydrogens (tertiary/aromatic N) is 4. The third-order valence-corrected chi connectivity index (χ3v) is 4.78.